The third kappa shape index (κ3) is 0.829. The zero-order valence-electron chi connectivity index (χ0n) is 7.67. The van der Waals surface area contributed by atoms with Crippen molar-refractivity contribution in [3.63, 3.8) is 0 Å². The first-order valence-corrected chi connectivity index (χ1v) is 4.50. The van der Waals surface area contributed by atoms with Crippen LogP contribution in [-0.2, 0) is 9.53 Å². The Morgan fingerprint density at radius 1 is 1.58 bits per heavy atom. The van der Waals surface area contributed by atoms with E-state index in [0.717, 1.165) is 25.8 Å². The fraction of sp³-hybridized carbons (Fsp3) is 0.889. The van der Waals surface area contributed by atoms with E-state index in [1.165, 1.54) is 0 Å². The minimum absolute atomic E-state index is 0.0798. The van der Waals surface area contributed by atoms with Gasteiger partial charge >= 0.3 is 0 Å². The van der Waals surface area contributed by atoms with Crippen LogP contribution < -0.4 is 0 Å². The van der Waals surface area contributed by atoms with E-state index >= 15 is 0 Å². The summed E-state index contributed by atoms with van der Waals surface area (Å²) in [6, 6.07) is 0. The van der Waals surface area contributed by atoms with Gasteiger partial charge in [0.2, 0.25) is 5.91 Å². The molecule has 2 aliphatic rings. The summed E-state index contributed by atoms with van der Waals surface area (Å²) in [7, 11) is 3.60. The third-order valence-electron chi connectivity index (χ3n) is 3.44. The molecule has 0 aromatic rings. The van der Waals surface area contributed by atoms with E-state index in [1.54, 1.807) is 7.11 Å². The number of fused-ring (bicyclic) bond motifs is 1. The fourth-order valence-electron chi connectivity index (χ4n) is 2.34. The zero-order chi connectivity index (χ0) is 8.77. The van der Waals surface area contributed by atoms with Gasteiger partial charge in [-0.15, -0.1) is 0 Å². The first kappa shape index (κ1) is 8.05. The Balaban J connectivity index is 2.16. The Labute approximate surface area is 72.7 Å². The summed E-state index contributed by atoms with van der Waals surface area (Å²) >= 11 is 0. The Hall–Kier alpha value is -0.570. The molecule has 0 spiro atoms. The zero-order valence-corrected chi connectivity index (χ0v) is 7.67. The number of rotatable bonds is 1. The van der Waals surface area contributed by atoms with Crippen LogP contribution in [0.15, 0.2) is 0 Å². The van der Waals surface area contributed by atoms with Crippen LogP contribution in [-0.4, -0.2) is 37.1 Å². The average molecular weight is 169 g/mol. The van der Waals surface area contributed by atoms with Crippen LogP contribution in [0.3, 0.4) is 0 Å². The minimum Gasteiger partial charge on any atom is -0.377 e. The number of ether oxygens (including phenoxy) is 1. The summed E-state index contributed by atoms with van der Waals surface area (Å²) in [5.41, 5.74) is -0.0798. The first-order valence-electron chi connectivity index (χ1n) is 4.50. The number of piperidine rings is 1. The molecule has 3 heteroatoms. The van der Waals surface area contributed by atoms with Gasteiger partial charge in [0.15, 0.2) is 0 Å². The van der Waals surface area contributed by atoms with Gasteiger partial charge in [0, 0.05) is 20.7 Å². The number of hydrogen-bond donors (Lipinski definition) is 0. The quantitative estimate of drug-likeness (QED) is 0.576. The van der Waals surface area contributed by atoms with E-state index in [-0.39, 0.29) is 17.4 Å². The first-order chi connectivity index (χ1) is 5.69. The van der Waals surface area contributed by atoms with Gasteiger partial charge in [-0.05, 0) is 19.3 Å². The number of nitrogens with zero attached hydrogens (tertiary/aromatic N) is 1. The van der Waals surface area contributed by atoms with Crippen LogP contribution in [0.2, 0.25) is 0 Å². The summed E-state index contributed by atoms with van der Waals surface area (Å²) in [5, 5.41) is 0. The molecule has 1 amide bonds. The molecule has 1 saturated heterocycles. The lowest BCUT2D eigenvalue weighted by Crippen LogP contribution is -2.61. The molecule has 1 saturated carbocycles. The van der Waals surface area contributed by atoms with E-state index in [4.69, 9.17) is 4.74 Å². The van der Waals surface area contributed by atoms with Crippen LogP contribution in [0.4, 0.5) is 0 Å². The predicted octanol–water partition coefficient (Wildman–Crippen LogP) is 0.644. The largest absolute Gasteiger partial charge is 0.377 e. The van der Waals surface area contributed by atoms with Gasteiger partial charge in [-0.1, -0.05) is 0 Å². The normalized spacial score (nSPS) is 40.7. The van der Waals surface area contributed by atoms with Gasteiger partial charge in [-0.25, -0.2) is 0 Å². The van der Waals surface area contributed by atoms with Crippen LogP contribution in [0.5, 0.6) is 0 Å². The van der Waals surface area contributed by atoms with E-state index in [0.29, 0.717) is 0 Å². The molecule has 0 aromatic carbocycles. The molecule has 0 bridgehead atoms. The van der Waals surface area contributed by atoms with Crippen molar-refractivity contribution < 1.29 is 9.53 Å². The summed E-state index contributed by atoms with van der Waals surface area (Å²) in [6.45, 7) is 0.850. The van der Waals surface area contributed by atoms with E-state index < -0.39 is 0 Å². The van der Waals surface area contributed by atoms with Gasteiger partial charge in [0.1, 0.15) is 0 Å². The lowest BCUT2D eigenvalue weighted by atomic mass is 9.65. The second-order valence-electron chi connectivity index (χ2n) is 3.87. The number of carbonyl (C=O) groups is 1. The van der Waals surface area contributed by atoms with E-state index in [2.05, 4.69) is 0 Å². The third-order valence-corrected chi connectivity index (χ3v) is 3.44. The highest BCUT2D eigenvalue weighted by Gasteiger charge is 2.54. The maximum Gasteiger partial charge on any atom is 0.228 e. The second kappa shape index (κ2) is 2.46. The molecule has 1 aliphatic heterocycles. The van der Waals surface area contributed by atoms with Crippen LogP contribution >= 0.6 is 0 Å². The van der Waals surface area contributed by atoms with Crippen LogP contribution in [0.25, 0.3) is 0 Å². The minimum atomic E-state index is -0.0798. The van der Waals surface area contributed by atoms with Crippen molar-refractivity contribution in [1.29, 1.82) is 0 Å². The Bertz CT molecular complexity index is 213. The molecule has 2 fully saturated rings. The van der Waals surface area contributed by atoms with E-state index in [1.807, 2.05) is 11.9 Å². The molecule has 2 unspecified atom stereocenters. The maximum atomic E-state index is 11.6. The van der Waals surface area contributed by atoms with Crippen molar-refractivity contribution >= 4 is 5.91 Å². The predicted molar refractivity (Wildman–Crippen MR) is 44.7 cm³/mol. The summed E-state index contributed by atoms with van der Waals surface area (Å²) in [6.07, 6.45) is 3.08. The van der Waals surface area contributed by atoms with Crippen molar-refractivity contribution in [2.75, 3.05) is 20.7 Å². The van der Waals surface area contributed by atoms with Crippen LogP contribution in [0.1, 0.15) is 19.3 Å². The van der Waals surface area contributed by atoms with Crippen LogP contribution in [0, 0.1) is 5.92 Å². The molecule has 1 heterocycles. The topological polar surface area (TPSA) is 29.5 Å². The Kier molecular flexibility index (Phi) is 1.65. The van der Waals surface area contributed by atoms with Gasteiger partial charge < -0.3 is 9.64 Å². The lowest BCUT2D eigenvalue weighted by molar-refractivity contribution is -0.181. The molecule has 3 nitrogen and oxygen atoms in total. The highest BCUT2D eigenvalue weighted by Crippen LogP contribution is 2.47. The monoisotopic (exact) mass is 169 g/mol. The summed E-state index contributed by atoms with van der Waals surface area (Å²) in [5.74, 6) is 0.426. The number of carbonyl (C=O) groups excluding carboxylic acids is 1. The second-order valence-corrected chi connectivity index (χ2v) is 3.87. The van der Waals surface area contributed by atoms with Gasteiger partial charge in [0.25, 0.3) is 0 Å². The highest BCUT2D eigenvalue weighted by atomic mass is 16.5. The Morgan fingerprint density at radius 3 is 2.83 bits per heavy atom. The van der Waals surface area contributed by atoms with Gasteiger partial charge in [0.05, 0.1) is 11.5 Å². The number of amides is 1. The molecule has 68 valence electrons. The smallest absolute Gasteiger partial charge is 0.228 e. The molecular weight excluding hydrogens is 154 g/mol. The molecule has 0 N–H and O–H groups in total. The lowest BCUT2D eigenvalue weighted by Gasteiger charge is -2.52. The maximum absolute atomic E-state index is 11.6. The number of hydrogen-bond acceptors (Lipinski definition) is 2. The fourth-order valence-corrected chi connectivity index (χ4v) is 2.34. The molecule has 12 heavy (non-hydrogen) atoms. The summed E-state index contributed by atoms with van der Waals surface area (Å²) in [4.78, 5) is 13.4. The summed E-state index contributed by atoms with van der Waals surface area (Å²) < 4.78 is 5.45. The molecule has 1 aliphatic carbocycles. The van der Waals surface area contributed by atoms with Crippen molar-refractivity contribution in [1.82, 2.24) is 4.90 Å². The van der Waals surface area contributed by atoms with Crippen molar-refractivity contribution in [3.05, 3.63) is 0 Å². The van der Waals surface area contributed by atoms with Crippen molar-refractivity contribution in [2.45, 2.75) is 24.9 Å². The molecule has 0 radical (unpaired) electrons. The average Bonchev–Trinajstić information content (AvgIpc) is 2.02. The molecule has 0 aromatic heterocycles. The Morgan fingerprint density at radius 2 is 2.33 bits per heavy atom. The number of methoxy groups -OCH3 is 1. The van der Waals surface area contributed by atoms with E-state index in [9.17, 15) is 4.79 Å². The van der Waals surface area contributed by atoms with Gasteiger partial charge in [-0.3, -0.25) is 4.79 Å². The van der Waals surface area contributed by atoms with Crippen molar-refractivity contribution in [3.8, 4) is 0 Å². The standard InChI is InChI=1S/C9H15NO2/c1-10-6-5-9(12-2)4-3-7(9)8(10)11/h7H,3-6H2,1-2H3. The SMILES string of the molecule is COC12CCC1C(=O)N(C)CC2. The van der Waals surface area contributed by atoms with Crippen molar-refractivity contribution in [2.24, 2.45) is 5.92 Å². The number of likely N-dealkylation sites (tertiary alicyclic amines) is 1. The molecule has 2 atom stereocenters. The van der Waals surface area contributed by atoms with Gasteiger partial charge in [-0.2, -0.15) is 0 Å². The molecule has 2 rings (SSSR count). The highest BCUT2D eigenvalue weighted by molar-refractivity contribution is 5.82. The molecular formula is C9H15NO2.